The summed E-state index contributed by atoms with van der Waals surface area (Å²) in [7, 11) is 1.68. The van der Waals surface area contributed by atoms with Crippen molar-refractivity contribution >= 4 is 116 Å². The smallest absolute Gasteiger partial charge is 0.320 e. The van der Waals surface area contributed by atoms with Gasteiger partial charge in [-0.3, -0.25) is 72.2 Å². The largest absolute Gasteiger partial charge is 0.508 e. The van der Waals surface area contributed by atoms with Gasteiger partial charge in [0.15, 0.2) is 0 Å². The third-order valence-electron chi connectivity index (χ3n) is 17.0. The van der Waals surface area contributed by atoms with Gasteiger partial charge in [0.2, 0.25) is 53.2 Å². The fourth-order valence-electron chi connectivity index (χ4n) is 11.4. The Bertz CT molecular complexity index is 3640. The van der Waals surface area contributed by atoms with E-state index in [0.29, 0.717) is 33.7 Å². The monoisotopic (exact) mass is 1580 g/mol. The number of carboxylic acid groups (broad SMARTS) is 3. The normalized spacial score (nSPS) is 20.5. The number of primary amides is 2. The molecule has 2 aliphatic rings. The molecule has 38 heteroatoms. The molecule has 4 aromatic carbocycles. The zero-order valence-corrected chi connectivity index (χ0v) is 61.0. The molecule has 106 heavy (non-hydrogen) atoms. The van der Waals surface area contributed by atoms with Crippen LogP contribution < -0.4 is 65.1 Å². The first-order chi connectivity index (χ1) is 49.9. The van der Waals surface area contributed by atoms with Crippen LogP contribution in [0.4, 0.5) is 10.5 Å². The molecule has 21 N–H and O–H groups in total. The number of rotatable bonds is 29. The van der Waals surface area contributed by atoms with E-state index >= 15 is 14.4 Å². The Balaban J connectivity index is 0.0000202. The van der Waals surface area contributed by atoms with Crippen LogP contribution in [0.1, 0.15) is 61.3 Å². The number of carbonyl (C=O) groups excluding carboxylic acids is 10. The minimum absolute atomic E-state index is 0. The summed E-state index contributed by atoms with van der Waals surface area (Å²) in [6, 6.07) is 7.85. The Morgan fingerprint density at radius 1 is 0.594 bits per heavy atom. The van der Waals surface area contributed by atoms with Crippen molar-refractivity contribution in [2.75, 3.05) is 75.7 Å². The number of anilines is 1. The van der Waals surface area contributed by atoms with Crippen molar-refractivity contribution in [2.45, 2.75) is 125 Å². The van der Waals surface area contributed by atoms with Gasteiger partial charge >= 0.3 is 23.9 Å². The van der Waals surface area contributed by atoms with Crippen LogP contribution in [0.5, 0.6) is 11.5 Å². The molecule has 0 spiro atoms. The van der Waals surface area contributed by atoms with Crippen LogP contribution in [0.25, 0.3) is 0 Å². The van der Waals surface area contributed by atoms with Crippen LogP contribution in [-0.2, 0) is 100 Å². The SMILES string of the molecule is C[C@@H](O)[C@@H]1NC(=O)[C@H](CCCCN)NC(=O)[C@@H](Cc2ccc(NC(N)=O)cc2)NC(=O)[C@H](Cc2ccc(O)cc2)NC(=O)[C@@H](NC(=O)[C@@H](Cc2ccc(Cl)cc2)NC(=O)CCC(C(=O)O)N2CCN(CC(=O)O)CCN(CC(=O)O)CC2)CSSC[C@@H](C(=O)N[C@H](Cc2ccc(O)cc2)C(N)=O)NC1=O.[61Cu]. The van der Waals surface area contributed by atoms with Gasteiger partial charge < -0.3 is 95.7 Å². The zero-order chi connectivity index (χ0) is 76.9. The molecule has 6 rings (SSSR count). The number of nitrogens with two attached hydrogens (primary N) is 3. The van der Waals surface area contributed by atoms with Crippen molar-refractivity contribution in [2.24, 2.45) is 17.2 Å². The number of amides is 11. The summed E-state index contributed by atoms with van der Waals surface area (Å²) in [5.74, 6) is -13.9. The fraction of sp³-hybridized carbons (Fsp3) is 0.456. The molecule has 10 atom stereocenters. The number of urea groups is 1. The molecule has 2 fully saturated rings. The standard InChI is InChI=1S/C68H90ClN15O19S2.Cu/c1-38(85)58-66(100)80-53(64(98)76-48(59(71)93)30-41-9-17-45(86)18-10-41)37-105-104-36-52(79-61(95)49(31-39-5-13-43(69)14-6-39)74-55(88)22-21-54(67(101)102)84-28-26-82(34-56(89)90)24-25-83(27-29-84)35-57(91)92)65(99)78-51(33-42-11-19-46(87)20-12-42)63(97)77-50(32-40-7-15-44(16-8-40)73-68(72)103)62(96)75-47(60(94)81-58)4-2-3-23-70;/h5-20,38,47-54,58,85-87H,2-4,21-37,70H2,1H3,(H2,71,93)(H,74,88)(H,75,96)(H,76,98)(H,77,97)(H,78,99)(H,79,95)(H,80,100)(H,81,94)(H,89,90)(H,91,92)(H,101,102)(H3,72,73,103);/t38-,47+,48-,49-,50-,51+,52+,53+,54?,58+;/m1./s1/i;1-3. The maximum atomic E-state index is 15.3. The van der Waals surface area contributed by atoms with Crippen molar-refractivity contribution in [3.63, 3.8) is 0 Å². The van der Waals surface area contributed by atoms with Crippen molar-refractivity contribution in [3.8, 4) is 11.5 Å². The second-order valence-electron chi connectivity index (χ2n) is 25.2. The molecular formula is C68H90ClCuN15O19S2. The number of hydrogen-bond acceptors (Lipinski definition) is 22. The molecule has 581 valence electrons. The summed E-state index contributed by atoms with van der Waals surface area (Å²) in [6.07, 6.45) is -3.34. The van der Waals surface area contributed by atoms with Crippen LogP contribution in [0.3, 0.4) is 0 Å². The Kier molecular flexibility index (Phi) is 36.2. The first-order valence-corrected chi connectivity index (χ1v) is 36.4. The van der Waals surface area contributed by atoms with Crippen molar-refractivity contribution in [3.05, 3.63) is 124 Å². The summed E-state index contributed by atoms with van der Waals surface area (Å²) in [4.78, 5) is 184. The van der Waals surface area contributed by atoms with E-state index in [9.17, 15) is 78.6 Å². The van der Waals surface area contributed by atoms with Crippen LogP contribution in [0.15, 0.2) is 97.1 Å². The summed E-state index contributed by atoms with van der Waals surface area (Å²) in [5, 5.41) is 84.9. The van der Waals surface area contributed by atoms with Gasteiger partial charge in [-0.05, 0) is 110 Å². The number of benzene rings is 4. The van der Waals surface area contributed by atoms with Gasteiger partial charge in [0, 0.05) is 111 Å². The molecule has 11 amide bonds. The number of nitrogens with zero attached hydrogens (tertiary/aromatic N) is 3. The Hall–Kier alpha value is -9.30. The van der Waals surface area contributed by atoms with Crippen LogP contribution in [0, 0.1) is 0 Å². The number of unbranched alkanes of at least 4 members (excludes halogenated alkanes) is 1. The number of aliphatic carboxylic acids is 3. The van der Waals surface area contributed by atoms with Gasteiger partial charge in [0.05, 0.1) is 19.2 Å². The molecule has 2 saturated heterocycles. The molecule has 1 radical (unpaired) electrons. The summed E-state index contributed by atoms with van der Waals surface area (Å²) < 4.78 is 0. The van der Waals surface area contributed by atoms with Crippen molar-refractivity contribution in [1.29, 1.82) is 0 Å². The van der Waals surface area contributed by atoms with Gasteiger partial charge in [-0.25, -0.2) is 4.79 Å². The number of carbonyl (C=O) groups is 13. The van der Waals surface area contributed by atoms with E-state index in [-0.39, 0.29) is 125 Å². The molecule has 0 bridgehead atoms. The van der Waals surface area contributed by atoms with Gasteiger partial charge in [0.25, 0.3) is 0 Å². The molecule has 2 heterocycles. The van der Waals surface area contributed by atoms with Gasteiger partial charge in [-0.2, -0.15) is 0 Å². The molecule has 0 aliphatic carbocycles. The maximum absolute atomic E-state index is 15.3. The molecule has 2 aliphatic heterocycles. The molecule has 0 aromatic heterocycles. The number of hydrogen-bond donors (Lipinski definition) is 18. The number of aliphatic hydroxyl groups is 1. The van der Waals surface area contributed by atoms with E-state index in [1.807, 2.05) is 0 Å². The number of aromatic hydroxyl groups is 2. The zero-order valence-electron chi connectivity index (χ0n) is 57.7. The average Bonchev–Trinajstić information content (AvgIpc) is 1.10. The van der Waals surface area contributed by atoms with E-state index in [0.717, 1.165) is 28.5 Å². The van der Waals surface area contributed by atoms with E-state index in [2.05, 4.69) is 47.9 Å². The summed E-state index contributed by atoms with van der Waals surface area (Å²) >= 11 is 6.26. The van der Waals surface area contributed by atoms with Gasteiger partial charge in [-0.1, -0.05) is 81.7 Å². The van der Waals surface area contributed by atoms with Gasteiger partial charge in [0.1, 0.15) is 65.9 Å². The molecular weight excluding hydrogens is 1490 g/mol. The quantitative estimate of drug-likeness (QED) is 0.0160. The molecule has 34 nitrogen and oxygen atoms in total. The second kappa shape index (κ2) is 44.0. The fourth-order valence-corrected chi connectivity index (χ4v) is 13.8. The third-order valence-corrected chi connectivity index (χ3v) is 19.7. The van der Waals surface area contributed by atoms with E-state index in [1.165, 1.54) is 99.6 Å². The Morgan fingerprint density at radius 3 is 1.58 bits per heavy atom. The molecule has 4 aromatic rings. The van der Waals surface area contributed by atoms with E-state index in [1.54, 1.807) is 12.1 Å². The predicted octanol–water partition coefficient (Wildman–Crippen LogP) is -1.90. The average molecular weight is 1580 g/mol. The van der Waals surface area contributed by atoms with Crippen LogP contribution >= 0.6 is 33.2 Å². The Labute approximate surface area is 633 Å². The number of phenolic OH excluding ortho intramolecular Hbond substituents is 2. The minimum Gasteiger partial charge on any atom is -0.508 e. The Morgan fingerprint density at radius 2 is 1.08 bits per heavy atom. The van der Waals surface area contributed by atoms with Crippen molar-refractivity contribution in [1.82, 2.24) is 57.2 Å². The number of halogens is 1. The first-order valence-electron chi connectivity index (χ1n) is 33.6. The number of phenols is 2. The number of nitrogens with one attached hydrogen (secondary N) is 9. The third kappa shape index (κ3) is 29.9. The topological polar surface area (TPSA) is 539 Å². The summed E-state index contributed by atoms with van der Waals surface area (Å²) in [6.45, 7) is 0.957. The van der Waals surface area contributed by atoms with Crippen LogP contribution in [0.2, 0.25) is 5.02 Å². The minimum atomic E-state index is -1.86. The summed E-state index contributed by atoms with van der Waals surface area (Å²) in [5.41, 5.74) is 18.8. The number of aliphatic hydroxyl groups excluding tert-OH is 1. The molecule has 1 unspecified atom stereocenters. The van der Waals surface area contributed by atoms with Crippen LogP contribution in [-0.4, -0.2) is 253 Å². The van der Waals surface area contributed by atoms with E-state index in [4.69, 9.17) is 28.8 Å². The first kappa shape index (κ1) is 87.3. The van der Waals surface area contributed by atoms with Gasteiger partial charge in [-0.15, -0.1) is 0 Å². The van der Waals surface area contributed by atoms with Crippen molar-refractivity contribution < 1.29 is 110 Å². The molecule has 0 saturated carbocycles. The second-order valence-corrected chi connectivity index (χ2v) is 28.2. The maximum Gasteiger partial charge on any atom is 0.320 e. The number of carboxylic acids is 3. The predicted molar refractivity (Wildman–Crippen MR) is 387 cm³/mol. The van der Waals surface area contributed by atoms with E-state index < -0.39 is 169 Å².